The van der Waals surface area contributed by atoms with Crippen LogP contribution in [0.1, 0.15) is 61.9 Å². The molecule has 0 radical (unpaired) electrons. The van der Waals surface area contributed by atoms with Gasteiger partial charge in [0.15, 0.2) is 0 Å². The fraction of sp³-hybridized carbons (Fsp3) is 0.560. The molecule has 1 atom stereocenters. The molecule has 3 aromatic heterocycles. The molecular formula is C25H32N6O3S. The van der Waals surface area contributed by atoms with Gasteiger partial charge in [-0.05, 0) is 45.1 Å². The topological polar surface area (TPSA) is 104 Å². The van der Waals surface area contributed by atoms with Crippen molar-refractivity contribution in [3.63, 3.8) is 0 Å². The van der Waals surface area contributed by atoms with Crippen LogP contribution in [-0.2, 0) is 23.0 Å². The van der Waals surface area contributed by atoms with E-state index in [0.717, 1.165) is 60.2 Å². The van der Waals surface area contributed by atoms with Gasteiger partial charge in [0, 0.05) is 61.2 Å². The van der Waals surface area contributed by atoms with Gasteiger partial charge in [-0.3, -0.25) is 0 Å². The van der Waals surface area contributed by atoms with Crippen LogP contribution in [-0.4, -0.2) is 64.2 Å². The summed E-state index contributed by atoms with van der Waals surface area (Å²) in [5.74, 6) is 0.914. The normalized spacial score (nSPS) is 22.2. The molecule has 0 bridgehead atoms. The molecule has 1 saturated carbocycles. The van der Waals surface area contributed by atoms with Crippen LogP contribution in [0.15, 0.2) is 24.7 Å². The number of hydrogen-bond acceptors (Lipinski definition) is 7. The van der Waals surface area contributed by atoms with Crippen LogP contribution < -0.4 is 9.64 Å². The van der Waals surface area contributed by atoms with E-state index >= 15 is 0 Å². The molecule has 0 amide bonds. The minimum absolute atomic E-state index is 0.238. The first-order valence-electron chi connectivity index (χ1n) is 12.6. The van der Waals surface area contributed by atoms with Crippen LogP contribution in [0.4, 0.5) is 5.69 Å². The smallest absolute Gasteiger partial charge is 0.217 e. The van der Waals surface area contributed by atoms with Gasteiger partial charge < -0.3 is 14.6 Å². The lowest BCUT2D eigenvalue weighted by molar-refractivity contribution is 0.115. The number of anilines is 1. The third-order valence-electron chi connectivity index (χ3n) is 7.86. The first-order valence-corrected chi connectivity index (χ1v) is 14.4. The minimum Gasteiger partial charge on any atom is -0.474 e. The van der Waals surface area contributed by atoms with Gasteiger partial charge in [0.25, 0.3) is 0 Å². The number of fused-ring (bicyclic) bond motifs is 2. The Morgan fingerprint density at radius 3 is 2.66 bits per heavy atom. The lowest BCUT2D eigenvalue weighted by Crippen LogP contribution is -2.41. The second-order valence-electron chi connectivity index (χ2n) is 10.2. The number of H-pyrrole nitrogens is 1. The van der Waals surface area contributed by atoms with Gasteiger partial charge in [-0.2, -0.15) is 4.98 Å². The zero-order valence-corrected chi connectivity index (χ0v) is 21.1. The molecule has 1 saturated heterocycles. The Labute approximate surface area is 206 Å². The Morgan fingerprint density at radius 1 is 1.14 bits per heavy atom. The Morgan fingerprint density at radius 2 is 1.94 bits per heavy atom. The quantitative estimate of drug-likeness (QED) is 0.577. The fourth-order valence-corrected chi connectivity index (χ4v) is 6.49. The van der Waals surface area contributed by atoms with Crippen molar-refractivity contribution in [1.29, 1.82) is 0 Å². The van der Waals surface area contributed by atoms with Crippen molar-refractivity contribution >= 4 is 26.7 Å². The van der Waals surface area contributed by atoms with Crippen molar-refractivity contribution in [2.24, 2.45) is 0 Å². The molecule has 2 fully saturated rings. The minimum atomic E-state index is -3.16. The average molecular weight is 497 g/mol. The number of nitrogens with zero attached hydrogens (tertiary/aromatic N) is 5. The Hall–Kier alpha value is -2.72. The summed E-state index contributed by atoms with van der Waals surface area (Å²) in [7, 11) is -3.16. The number of aromatic nitrogens is 4. The molecule has 3 aliphatic rings. The highest BCUT2D eigenvalue weighted by molar-refractivity contribution is 7.88. The van der Waals surface area contributed by atoms with Crippen LogP contribution in [0.25, 0.3) is 11.0 Å². The Balaban J connectivity index is 1.32. The van der Waals surface area contributed by atoms with E-state index in [1.165, 1.54) is 18.2 Å². The molecule has 0 spiro atoms. The molecule has 1 aliphatic carbocycles. The maximum atomic E-state index is 12.0. The highest BCUT2D eigenvalue weighted by Crippen LogP contribution is 2.38. The summed E-state index contributed by atoms with van der Waals surface area (Å²) in [6.07, 6.45) is 11.0. The zero-order chi connectivity index (χ0) is 24.2. The van der Waals surface area contributed by atoms with Crippen molar-refractivity contribution in [2.45, 2.75) is 70.1 Å². The van der Waals surface area contributed by atoms with Gasteiger partial charge >= 0.3 is 0 Å². The molecular weight excluding hydrogens is 464 g/mol. The summed E-state index contributed by atoms with van der Waals surface area (Å²) in [4.78, 5) is 19.8. The number of rotatable bonds is 5. The predicted molar refractivity (Wildman–Crippen MR) is 134 cm³/mol. The van der Waals surface area contributed by atoms with E-state index in [1.54, 1.807) is 10.6 Å². The standard InChI is InChI=1S/C25H32N6O3S/c1-16-12-21-20(24(28-15-27-21)17-7-10-30(11-8-17)35(2,32)33)14-31(16)22-13-23(34-18-4-3-5-18)29-25-19(22)6-9-26-25/h6,9,13,15-18H,3-5,7-8,10-12,14H2,1-2H3,(H,26,29)/t16-/m1/s1. The molecule has 5 heterocycles. The van der Waals surface area contributed by atoms with E-state index in [2.05, 4.69) is 33.9 Å². The van der Waals surface area contributed by atoms with E-state index in [4.69, 9.17) is 14.7 Å². The van der Waals surface area contributed by atoms with E-state index in [9.17, 15) is 8.42 Å². The summed E-state index contributed by atoms with van der Waals surface area (Å²) in [5.41, 5.74) is 5.32. The summed E-state index contributed by atoms with van der Waals surface area (Å²) in [5, 5.41) is 1.08. The van der Waals surface area contributed by atoms with Gasteiger partial charge in [0.05, 0.1) is 23.3 Å². The van der Waals surface area contributed by atoms with Crippen molar-refractivity contribution in [1.82, 2.24) is 24.2 Å². The number of ether oxygens (including phenoxy) is 1. The zero-order valence-electron chi connectivity index (χ0n) is 20.3. The highest BCUT2D eigenvalue weighted by Gasteiger charge is 2.33. The summed E-state index contributed by atoms with van der Waals surface area (Å²) in [6.45, 7) is 4.03. The number of aromatic amines is 1. The largest absolute Gasteiger partial charge is 0.474 e. The number of piperidine rings is 1. The van der Waals surface area contributed by atoms with Gasteiger partial charge in [-0.1, -0.05) is 0 Å². The van der Waals surface area contributed by atoms with Crippen molar-refractivity contribution in [2.75, 3.05) is 24.2 Å². The van der Waals surface area contributed by atoms with Gasteiger partial charge in [-0.25, -0.2) is 22.7 Å². The third-order valence-corrected chi connectivity index (χ3v) is 9.16. The lowest BCUT2D eigenvalue weighted by Gasteiger charge is -2.38. The van der Waals surface area contributed by atoms with E-state index < -0.39 is 10.0 Å². The van der Waals surface area contributed by atoms with Crippen molar-refractivity contribution < 1.29 is 13.2 Å². The van der Waals surface area contributed by atoms with E-state index in [-0.39, 0.29) is 18.1 Å². The number of sulfonamides is 1. The maximum absolute atomic E-state index is 12.0. The Kier molecular flexibility index (Phi) is 5.68. The van der Waals surface area contributed by atoms with Gasteiger partial charge in [0.1, 0.15) is 18.1 Å². The molecule has 1 N–H and O–H groups in total. The van der Waals surface area contributed by atoms with Crippen LogP contribution in [0.5, 0.6) is 5.88 Å². The Bertz CT molecular complexity index is 1340. The average Bonchev–Trinajstić information content (AvgIpc) is 3.28. The molecule has 0 unspecified atom stereocenters. The summed E-state index contributed by atoms with van der Waals surface area (Å²) < 4.78 is 31.7. The molecule has 186 valence electrons. The van der Waals surface area contributed by atoms with Crippen molar-refractivity contribution in [3.05, 3.63) is 41.6 Å². The summed E-state index contributed by atoms with van der Waals surface area (Å²) >= 11 is 0. The predicted octanol–water partition coefficient (Wildman–Crippen LogP) is 3.37. The highest BCUT2D eigenvalue weighted by atomic mass is 32.2. The van der Waals surface area contributed by atoms with Gasteiger partial charge in [-0.15, -0.1) is 0 Å². The first kappa shape index (κ1) is 22.7. The van der Waals surface area contributed by atoms with Crippen LogP contribution >= 0.6 is 0 Å². The third kappa shape index (κ3) is 4.27. The van der Waals surface area contributed by atoms with E-state index in [1.807, 2.05) is 6.20 Å². The van der Waals surface area contributed by atoms with Crippen LogP contribution in [0, 0.1) is 0 Å². The van der Waals surface area contributed by atoms with E-state index in [0.29, 0.717) is 25.5 Å². The molecule has 6 rings (SSSR count). The fourth-order valence-electron chi connectivity index (χ4n) is 5.62. The monoisotopic (exact) mass is 496 g/mol. The SMILES string of the molecule is C[C@@H]1Cc2ncnc(C3CCN(S(C)(=O)=O)CC3)c2CN1c1cc(OC2CCC2)nc2[nH]ccc12. The summed E-state index contributed by atoms with van der Waals surface area (Å²) in [6, 6.07) is 4.43. The number of pyridine rings is 1. The molecule has 10 heteroatoms. The van der Waals surface area contributed by atoms with Gasteiger partial charge in [0.2, 0.25) is 15.9 Å². The number of hydrogen-bond donors (Lipinski definition) is 1. The molecule has 35 heavy (non-hydrogen) atoms. The maximum Gasteiger partial charge on any atom is 0.217 e. The molecule has 3 aromatic rings. The van der Waals surface area contributed by atoms with Crippen molar-refractivity contribution in [3.8, 4) is 5.88 Å². The second kappa shape index (κ2) is 8.74. The second-order valence-corrected chi connectivity index (χ2v) is 12.2. The van der Waals surface area contributed by atoms with Crippen LogP contribution in [0.3, 0.4) is 0 Å². The number of nitrogens with one attached hydrogen (secondary N) is 1. The molecule has 9 nitrogen and oxygen atoms in total. The molecule has 2 aliphatic heterocycles. The molecule has 0 aromatic carbocycles. The first-order chi connectivity index (χ1) is 16.9. The van der Waals surface area contributed by atoms with Crippen LogP contribution in [0.2, 0.25) is 0 Å². The lowest BCUT2D eigenvalue weighted by atomic mass is 9.87.